The van der Waals surface area contributed by atoms with Crippen LogP contribution in [0.2, 0.25) is 0 Å². The summed E-state index contributed by atoms with van der Waals surface area (Å²) >= 11 is 0. The minimum Gasteiger partial charge on any atom is -0.379 e. The molecule has 0 heterocycles. The van der Waals surface area contributed by atoms with Crippen LogP contribution in [0.5, 0.6) is 0 Å². The molecule has 6 heteroatoms. The Morgan fingerprint density at radius 2 is 1.94 bits per heavy atom. The Hall–Kier alpha value is -1.14. The number of halogens is 4. The van der Waals surface area contributed by atoms with E-state index in [9.17, 15) is 17.6 Å². The molecule has 1 rings (SSSR count). The van der Waals surface area contributed by atoms with Crippen molar-refractivity contribution >= 4 is 0 Å². The minimum atomic E-state index is -4.73. The van der Waals surface area contributed by atoms with Gasteiger partial charge in [0.2, 0.25) is 0 Å². The van der Waals surface area contributed by atoms with Crippen LogP contribution >= 0.6 is 0 Å². The third-order valence-electron chi connectivity index (χ3n) is 2.79. The fraction of sp³-hybridized carbons (Fsp3) is 0.500. The van der Waals surface area contributed by atoms with Crippen LogP contribution in [-0.4, -0.2) is 13.2 Å². The van der Waals surface area contributed by atoms with Crippen LogP contribution in [-0.2, 0) is 10.9 Å². The standard InChI is InChI=1S/C12H15F4NO/c1-3-10(18-2)11(17)7-4-5-9(13)8(6-7)12(14,15)16/h4-6,10-11H,3,17H2,1-2H3. The molecule has 2 unspecified atom stereocenters. The number of hydrogen-bond donors (Lipinski definition) is 1. The van der Waals surface area contributed by atoms with Crippen LogP contribution in [0, 0.1) is 5.82 Å². The van der Waals surface area contributed by atoms with Gasteiger partial charge in [-0.1, -0.05) is 13.0 Å². The fourth-order valence-electron chi connectivity index (χ4n) is 1.75. The van der Waals surface area contributed by atoms with E-state index < -0.39 is 29.7 Å². The van der Waals surface area contributed by atoms with Gasteiger partial charge in [0.15, 0.2) is 0 Å². The third-order valence-corrected chi connectivity index (χ3v) is 2.79. The summed E-state index contributed by atoms with van der Waals surface area (Å²) in [5, 5.41) is 0. The molecule has 0 aliphatic rings. The first-order valence-corrected chi connectivity index (χ1v) is 5.46. The monoisotopic (exact) mass is 265 g/mol. The maximum atomic E-state index is 13.1. The Bertz CT molecular complexity index is 402. The topological polar surface area (TPSA) is 35.2 Å². The molecule has 0 bridgehead atoms. The molecule has 0 saturated heterocycles. The highest BCUT2D eigenvalue weighted by molar-refractivity contribution is 5.29. The van der Waals surface area contributed by atoms with Gasteiger partial charge in [-0.3, -0.25) is 0 Å². The van der Waals surface area contributed by atoms with E-state index in [4.69, 9.17) is 10.5 Å². The second-order valence-electron chi connectivity index (χ2n) is 3.95. The normalized spacial score (nSPS) is 15.5. The average molecular weight is 265 g/mol. The van der Waals surface area contributed by atoms with Gasteiger partial charge in [-0.25, -0.2) is 4.39 Å². The lowest BCUT2D eigenvalue weighted by Gasteiger charge is -2.22. The van der Waals surface area contributed by atoms with Crippen molar-refractivity contribution in [3.05, 3.63) is 35.1 Å². The van der Waals surface area contributed by atoms with Gasteiger partial charge < -0.3 is 10.5 Å². The zero-order valence-corrected chi connectivity index (χ0v) is 10.1. The number of alkyl halides is 3. The molecule has 18 heavy (non-hydrogen) atoms. The summed E-state index contributed by atoms with van der Waals surface area (Å²) < 4.78 is 55.8. The van der Waals surface area contributed by atoms with Crippen LogP contribution in [0.15, 0.2) is 18.2 Å². The number of nitrogens with two attached hydrogens (primary N) is 1. The predicted octanol–water partition coefficient (Wildman–Crippen LogP) is 3.27. The van der Waals surface area contributed by atoms with Gasteiger partial charge in [0.05, 0.1) is 17.7 Å². The average Bonchev–Trinajstić information content (AvgIpc) is 2.29. The van der Waals surface area contributed by atoms with E-state index in [1.165, 1.54) is 13.2 Å². The number of hydrogen-bond acceptors (Lipinski definition) is 2. The quantitative estimate of drug-likeness (QED) is 0.848. The lowest BCUT2D eigenvalue weighted by atomic mass is 9.98. The van der Waals surface area contributed by atoms with Crippen molar-refractivity contribution in [2.24, 2.45) is 5.73 Å². The highest BCUT2D eigenvalue weighted by Gasteiger charge is 2.35. The third kappa shape index (κ3) is 3.20. The van der Waals surface area contributed by atoms with Crippen molar-refractivity contribution in [1.82, 2.24) is 0 Å². The van der Waals surface area contributed by atoms with Gasteiger partial charge in [0, 0.05) is 7.11 Å². The van der Waals surface area contributed by atoms with Gasteiger partial charge in [-0.15, -0.1) is 0 Å². The largest absolute Gasteiger partial charge is 0.419 e. The van der Waals surface area contributed by atoms with Gasteiger partial charge in [0.1, 0.15) is 5.82 Å². The Morgan fingerprint density at radius 1 is 1.33 bits per heavy atom. The molecule has 2 atom stereocenters. The number of ether oxygens (including phenoxy) is 1. The van der Waals surface area contributed by atoms with Gasteiger partial charge >= 0.3 is 6.18 Å². The van der Waals surface area contributed by atoms with E-state index in [0.29, 0.717) is 6.42 Å². The van der Waals surface area contributed by atoms with Crippen molar-refractivity contribution in [1.29, 1.82) is 0 Å². The van der Waals surface area contributed by atoms with Crippen LogP contribution < -0.4 is 5.73 Å². The highest BCUT2D eigenvalue weighted by Crippen LogP contribution is 2.33. The van der Waals surface area contributed by atoms with Crippen molar-refractivity contribution in [3.63, 3.8) is 0 Å². The summed E-state index contributed by atoms with van der Waals surface area (Å²) in [6.07, 6.45) is -4.58. The summed E-state index contributed by atoms with van der Waals surface area (Å²) in [6, 6.07) is 2.04. The molecule has 0 aliphatic carbocycles. The maximum Gasteiger partial charge on any atom is 0.419 e. The van der Waals surface area contributed by atoms with Crippen molar-refractivity contribution in [2.45, 2.75) is 31.7 Å². The van der Waals surface area contributed by atoms with Crippen LogP contribution in [0.4, 0.5) is 17.6 Å². The molecule has 1 aromatic rings. The van der Waals surface area contributed by atoms with Gasteiger partial charge in [-0.2, -0.15) is 13.2 Å². The molecule has 0 fully saturated rings. The summed E-state index contributed by atoms with van der Waals surface area (Å²) in [4.78, 5) is 0. The van der Waals surface area contributed by atoms with Crippen molar-refractivity contribution in [2.75, 3.05) is 7.11 Å². The molecule has 2 nitrogen and oxygen atoms in total. The molecule has 0 spiro atoms. The maximum absolute atomic E-state index is 13.1. The van der Waals surface area contributed by atoms with Crippen molar-refractivity contribution < 1.29 is 22.3 Å². The SMILES string of the molecule is CCC(OC)C(N)c1ccc(F)c(C(F)(F)F)c1. The molecule has 0 saturated carbocycles. The molecule has 2 N–H and O–H groups in total. The highest BCUT2D eigenvalue weighted by atomic mass is 19.4. The van der Waals surface area contributed by atoms with Crippen LogP contribution in [0.1, 0.15) is 30.5 Å². The second-order valence-corrected chi connectivity index (χ2v) is 3.95. The lowest BCUT2D eigenvalue weighted by molar-refractivity contribution is -0.140. The zero-order valence-electron chi connectivity index (χ0n) is 10.1. The second kappa shape index (κ2) is 5.67. The van der Waals surface area contributed by atoms with E-state index in [1.807, 2.05) is 6.92 Å². The van der Waals surface area contributed by atoms with Crippen LogP contribution in [0.3, 0.4) is 0 Å². The van der Waals surface area contributed by atoms with Gasteiger partial charge in [-0.05, 0) is 24.1 Å². The Morgan fingerprint density at radius 3 is 2.39 bits per heavy atom. The van der Waals surface area contributed by atoms with E-state index >= 15 is 0 Å². The van der Waals surface area contributed by atoms with Crippen molar-refractivity contribution in [3.8, 4) is 0 Å². The Labute approximate surface area is 103 Å². The molecular formula is C12H15F4NO. The Kier molecular flexibility index (Phi) is 4.70. The number of methoxy groups -OCH3 is 1. The summed E-state index contributed by atoms with van der Waals surface area (Å²) in [6.45, 7) is 1.81. The first-order chi connectivity index (χ1) is 8.31. The first kappa shape index (κ1) is 14.9. The fourth-order valence-corrected chi connectivity index (χ4v) is 1.75. The molecule has 0 radical (unpaired) electrons. The number of rotatable bonds is 4. The molecule has 0 aromatic heterocycles. The summed E-state index contributed by atoms with van der Waals surface area (Å²) in [5.74, 6) is -1.30. The summed E-state index contributed by atoms with van der Waals surface area (Å²) in [5.41, 5.74) is 4.71. The number of benzene rings is 1. The predicted molar refractivity (Wildman–Crippen MR) is 59.4 cm³/mol. The Balaban J connectivity index is 3.12. The first-order valence-electron chi connectivity index (χ1n) is 5.46. The molecular weight excluding hydrogens is 250 g/mol. The zero-order chi connectivity index (χ0) is 13.9. The molecule has 1 aromatic carbocycles. The molecule has 0 amide bonds. The molecule has 102 valence electrons. The summed E-state index contributed by atoms with van der Waals surface area (Å²) in [7, 11) is 1.43. The van der Waals surface area contributed by atoms with E-state index in [2.05, 4.69) is 0 Å². The lowest BCUT2D eigenvalue weighted by Crippen LogP contribution is -2.27. The van der Waals surface area contributed by atoms with E-state index in [0.717, 1.165) is 12.1 Å². The van der Waals surface area contributed by atoms with E-state index in [-0.39, 0.29) is 5.56 Å². The molecule has 0 aliphatic heterocycles. The van der Waals surface area contributed by atoms with Crippen LogP contribution in [0.25, 0.3) is 0 Å². The minimum absolute atomic E-state index is 0.206. The van der Waals surface area contributed by atoms with Gasteiger partial charge in [0.25, 0.3) is 0 Å². The smallest absolute Gasteiger partial charge is 0.379 e. The van der Waals surface area contributed by atoms with E-state index in [1.54, 1.807) is 0 Å².